The summed E-state index contributed by atoms with van der Waals surface area (Å²) in [6.07, 6.45) is 4.81. The summed E-state index contributed by atoms with van der Waals surface area (Å²) in [5.74, 6) is -0.0852. The van der Waals surface area contributed by atoms with Crippen molar-refractivity contribution in [1.82, 2.24) is 9.88 Å². The van der Waals surface area contributed by atoms with Crippen LogP contribution in [-0.2, 0) is 0 Å². The van der Waals surface area contributed by atoms with E-state index in [9.17, 15) is 4.79 Å². The third-order valence-corrected chi connectivity index (χ3v) is 3.70. The first-order chi connectivity index (χ1) is 8.49. The molecule has 1 aliphatic carbocycles. The van der Waals surface area contributed by atoms with Gasteiger partial charge >= 0.3 is 0 Å². The van der Waals surface area contributed by atoms with Crippen LogP contribution in [0.3, 0.4) is 0 Å². The van der Waals surface area contributed by atoms with Crippen molar-refractivity contribution in [2.75, 3.05) is 0 Å². The van der Waals surface area contributed by atoms with E-state index in [-0.39, 0.29) is 24.0 Å². The first-order valence-corrected chi connectivity index (χ1v) is 6.80. The Morgan fingerprint density at radius 1 is 1.56 bits per heavy atom. The first-order valence-electron chi connectivity index (χ1n) is 6.43. The smallest absolute Gasteiger partial charge is 0.268 e. The van der Waals surface area contributed by atoms with E-state index in [1.54, 1.807) is 12.3 Å². The highest BCUT2D eigenvalue weighted by atomic mass is 35.5. The van der Waals surface area contributed by atoms with Gasteiger partial charge in [-0.25, -0.2) is 0 Å². The van der Waals surface area contributed by atoms with Gasteiger partial charge in [0, 0.05) is 24.3 Å². The van der Waals surface area contributed by atoms with E-state index in [2.05, 4.69) is 5.32 Å². The van der Waals surface area contributed by atoms with Gasteiger partial charge in [-0.3, -0.25) is 4.79 Å². The van der Waals surface area contributed by atoms with Crippen LogP contribution in [0, 0.1) is 0 Å². The molecular weight excluding hydrogens is 250 g/mol. The Labute approximate surface area is 112 Å². The highest BCUT2D eigenvalue weighted by Crippen LogP contribution is 2.21. The van der Waals surface area contributed by atoms with Crippen LogP contribution in [0.4, 0.5) is 0 Å². The molecule has 2 unspecified atom stereocenters. The molecule has 0 saturated heterocycles. The fraction of sp³-hybridized carbons (Fsp3) is 0.615. The lowest BCUT2D eigenvalue weighted by molar-refractivity contribution is 0.0923. The predicted octanol–water partition coefficient (Wildman–Crippen LogP) is 2.33. The first kappa shape index (κ1) is 13.4. The Hall–Kier alpha value is -1.00. The molecule has 0 aliphatic heterocycles. The molecule has 18 heavy (non-hydrogen) atoms. The molecule has 0 bridgehead atoms. The zero-order chi connectivity index (χ0) is 13.3. The van der Waals surface area contributed by atoms with Crippen LogP contribution >= 0.6 is 11.6 Å². The van der Waals surface area contributed by atoms with Crippen molar-refractivity contribution in [2.45, 2.75) is 51.2 Å². The van der Waals surface area contributed by atoms with Crippen molar-refractivity contribution in [1.29, 1.82) is 0 Å². The number of carbonyl (C=O) groups excluding carboxylic acids is 1. The lowest BCUT2D eigenvalue weighted by Crippen LogP contribution is -2.44. The summed E-state index contributed by atoms with van der Waals surface area (Å²) < 4.78 is 1.89. The van der Waals surface area contributed by atoms with Crippen molar-refractivity contribution in [3.8, 4) is 0 Å². The minimum Gasteiger partial charge on any atom is -0.346 e. The summed E-state index contributed by atoms with van der Waals surface area (Å²) in [5, 5.41) is 3.60. The van der Waals surface area contributed by atoms with Crippen LogP contribution in [0.15, 0.2) is 12.3 Å². The van der Waals surface area contributed by atoms with E-state index in [0.717, 1.165) is 19.3 Å². The van der Waals surface area contributed by atoms with Crippen molar-refractivity contribution in [3.05, 3.63) is 23.0 Å². The second kappa shape index (κ2) is 5.33. The van der Waals surface area contributed by atoms with Gasteiger partial charge in [-0.05, 0) is 39.2 Å². The third-order valence-electron chi connectivity index (χ3n) is 3.49. The molecule has 3 N–H and O–H groups in total. The van der Waals surface area contributed by atoms with Gasteiger partial charge in [0.05, 0.1) is 5.02 Å². The average molecular weight is 270 g/mol. The van der Waals surface area contributed by atoms with Gasteiger partial charge in [-0.2, -0.15) is 0 Å². The molecular formula is C13H20ClN3O. The summed E-state index contributed by atoms with van der Waals surface area (Å²) in [5.41, 5.74) is 6.57. The summed E-state index contributed by atoms with van der Waals surface area (Å²) in [6.45, 7) is 4.04. The zero-order valence-electron chi connectivity index (χ0n) is 10.8. The maximum absolute atomic E-state index is 12.2. The topological polar surface area (TPSA) is 60.0 Å². The SMILES string of the molecule is CC(C)n1cc(Cl)cc1C(=O)NC1CCCC1N. The molecule has 1 fully saturated rings. The summed E-state index contributed by atoms with van der Waals surface area (Å²) in [7, 11) is 0. The summed E-state index contributed by atoms with van der Waals surface area (Å²) >= 11 is 5.97. The second-order valence-electron chi connectivity index (χ2n) is 5.22. The van der Waals surface area contributed by atoms with Crippen molar-refractivity contribution < 1.29 is 4.79 Å². The number of aromatic nitrogens is 1. The van der Waals surface area contributed by atoms with Gasteiger partial charge < -0.3 is 15.6 Å². The number of nitrogens with zero attached hydrogens (tertiary/aromatic N) is 1. The molecule has 2 rings (SSSR count). The molecule has 1 aromatic heterocycles. The molecule has 5 heteroatoms. The number of hydrogen-bond acceptors (Lipinski definition) is 2. The fourth-order valence-electron chi connectivity index (χ4n) is 2.47. The van der Waals surface area contributed by atoms with Crippen LogP contribution in [0.2, 0.25) is 5.02 Å². The highest BCUT2D eigenvalue weighted by molar-refractivity contribution is 6.31. The summed E-state index contributed by atoms with van der Waals surface area (Å²) in [6, 6.07) is 2.08. The van der Waals surface area contributed by atoms with Gasteiger partial charge in [-0.1, -0.05) is 11.6 Å². The Bertz CT molecular complexity index is 441. The van der Waals surface area contributed by atoms with Crippen LogP contribution in [-0.4, -0.2) is 22.6 Å². The highest BCUT2D eigenvalue weighted by Gasteiger charge is 2.26. The maximum Gasteiger partial charge on any atom is 0.268 e. The van der Waals surface area contributed by atoms with Gasteiger partial charge in [0.15, 0.2) is 0 Å². The standard InChI is InChI=1S/C13H20ClN3O/c1-8(2)17-7-9(14)6-12(17)13(18)16-11-5-3-4-10(11)15/h6-8,10-11H,3-5,15H2,1-2H3,(H,16,18). The van der Waals surface area contributed by atoms with Crippen LogP contribution in [0.5, 0.6) is 0 Å². The monoisotopic (exact) mass is 269 g/mol. The number of carbonyl (C=O) groups is 1. The minimum atomic E-state index is -0.0852. The van der Waals surface area contributed by atoms with Gasteiger partial charge in [-0.15, -0.1) is 0 Å². The van der Waals surface area contributed by atoms with E-state index in [1.807, 2.05) is 18.4 Å². The molecule has 0 spiro atoms. The zero-order valence-corrected chi connectivity index (χ0v) is 11.6. The molecule has 1 aromatic rings. The Balaban J connectivity index is 2.13. The van der Waals surface area contributed by atoms with Gasteiger partial charge in [0.2, 0.25) is 0 Å². The molecule has 1 saturated carbocycles. The molecule has 100 valence electrons. The molecule has 1 amide bonds. The number of hydrogen-bond donors (Lipinski definition) is 2. The van der Waals surface area contributed by atoms with Gasteiger partial charge in [0.1, 0.15) is 5.69 Å². The molecule has 0 radical (unpaired) electrons. The van der Waals surface area contributed by atoms with E-state index >= 15 is 0 Å². The van der Waals surface area contributed by atoms with Crippen LogP contribution < -0.4 is 11.1 Å². The Kier molecular flexibility index (Phi) is 3.97. The summed E-state index contributed by atoms with van der Waals surface area (Å²) in [4.78, 5) is 12.2. The van der Waals surface area contributed by atoms with Crippen molar-refractivity contribution >= 4 is 17.5 Å². The van der Waals surface area contributed by atoms with Gasteiger partial charge in [0.25, 0.3) is 5.91 Å². The molecule has 2 atom stereocenters. The fourth-order valence-corrected chi connectivity index (χ4v) is 2.67. The third kappa shape index (κ3) is 2.70. The minimum absolute atomic E-state index is 0.0758. The van der Waals surface area contributed by atoms with Crippen molar-refractivity contribution in [2.24, 2.45) is 5.73 Å². The van der Waals surface area contributed by atoms with Crippen LogP contribution in [0.1, 0.15) is 49.6 Å². The molecule has 1 aliphatic rings. The molecule has 1 heterocycles. The van der Waals surface area contributed by atoms with E-state index in [1.165, 1.54) is 0 Å². The Morgan fingerprint density at radius 3 is 2.83 bits per heavy atom. The van der Waals surface area contributed by atoms with E-state index < -0.39 is 0 Å². The number of nitrogens with two attached hydrogens (primary N) is 1. The largest absolute Gasteiger partial charge is 0.346 e. The number of halogens is 1. The lowest BCUT2D eigenvalue weighted by Gasteiger charge is -2.19. The molecule has 0 aromatic carbocycles. The Morgan fingerprint density at radius 2 is 2.28 bits per heavy atom. The lowest BCUT2D eigenvalue weighted by atomic mass is 10.2. The second-order valence-corrected chi connectivity index (χ2v) is 5.66. The van der Waals surface area contributed by atoms with Crippen molar-refractivity contribution in [3.63, 3.8) is 0 Å². The number of rotatable bonds is 3. The maximum atomic E-state index is 12.2. The number of amides is 1. The van der Waals surface area contributed by atoms with E-state index in [0.29, 0.717) is 10.7 Å². The van der Waals surface area contributed by atoms with E-state index in [4.69, 9.17) is 17.3 Å². The normalized spacial score (nSPS) is 23.6. The molecule has 4 nitrogen and oxygen atoms in total. The number of nitrogens with one attached hydrogen (secondary N) is 1. The predicted molar refractivity (Wildman–Crippen MR) is 72.9 cm³/mol. The quantitative estimate of drug-likeness (QED) is 0.885. The van der Waals surface area contributed by atoms with Crippen LogP contribution in [0.25, 0.3) is 0 Å². The average Bonchev–Trinajstić information content (AvgIpc) is 2.86.